The van der Waals surface area contributed by atoms with Crippen LogP contribution in [0.25, 0.3) is 0 Å². The average Bonchev–Trinajstić information content (AvgIpc) is 3.20. The van der Waals surface area contributed by atoms with Crippen LogP contribution in [0.4, 0.5) is 14.9 Å². The standard InChI is InChI=1S/C21H26FN3O2/c1-25(2)18-11-5-15(6-12-18)14-23-21(26)24-20(19-4-3-13-27-19)16-7-9-17(22)10-8-16/h5-12,19-20H,3-4,13-14H2,1-2H3,(H2,23,24,26)/t19-,20+/m1/s1. The first-order valence-electron chi connectivity index (χ1n) is 9.20. The summed E-state index contributed by atoms with van der Waals surface area (Å²) >= 11 is 0. The SMILES string of the molecule is CN(C)c1ccc(CNC(=O)N[C@@H](c2ccc(F)cc2)[C@H]2CCCO2)cc1. The van der Waals surface area contributed by atoms with E-state index in [0.717, 1.165) is 29.7 Å². The van der Waals surface area contributed by atoms with E-state index in [9.17, 15) is 9.18 Å². The third-order valence-electron chi connectivity index (χ3n) is 4.76. The first-order valence-corrected chi connectivity index (χ1v) is 9.20. The van der Waals surface area contributed by atoms with E-state index in [2.05, 4.69) is 10.6 Å². The molecule has 0 aliphatic carbocycles. The van der Waals surface area contributed by atoms with Crippen molar-refractivity contribution in [1.29, 1.82) is 0 Å². The number of carbonyl (C=O) groups excluding carboxylic acids is 1. The number of benzene rings is 2. The number of urea groups is 1. The second-order valence-corrected chi connectivity index (χ2v) is 6.97. The first-order chi connectivity index (χ1) is 13.0. The summed E-state index contributed by atoms with van der Waals surface area (Å²) < 4.78 is 19.0. The summed E-state index contributed by atoms with van der Waals surface area (Å²) in [4.78, 5) is 14.5. The molecule has 1 aliphatic rings. The van der Waals surface area contributed by atoms with Gasteiger partial charge in [-0.25, -0.2) is 9.18 Å². The van der Waals surface area contributed by atoms with Crippen LogP contribution in [-0.2, 0) is 11.3 Å². The molecule has 2 amide bonds. The molecule has 2 aromatic rings. The fourth-order valence-corrected chi connectivity index (χ4v) is 3.21. The monoisotopic (exact) mass is 371 g/mol. The molecule has 5 nitrogen and oxygen atoms in total. The fourth-order valence-electron chi connectivity index (χ4n) is 3.21. The number of nitrogens with zero attached hydrogens (tertiary/aromatic N) is 1. The van der Waals surface area contributed by atoms with E-state index in [4.69, 9.17) is 4.74 Å². The van der Waals surface area contributed by atoms with Crippen LogP contribution in [0.2, 0.25) is 0 Å². The average molecular weight is 371 g/mol. The van der Waals surface area contributed by atoms with Crippen LogP contribution in [0.5, 0.6) is 0 Å². The van der Waals surface area contributed by atoms with Gasteiger partial charge < -0.3 is 20.3 Å². The molecule has 0 saturated carbocycles. The van der Waals surface area contributed by atoms with Crippen molar-refractivity contribution >= 4 is 11.7 Å². The lowest BCUT2D eigenvalue weighted by Gasteiger charge is -2.25. The van der Waals surface area contributed by atoms with Crippen molar-refractivity contribution in [1.82, 2.24) is 10.6 Å². The maximum atomic E-state index is 13.2. The van der Waals surface area contributed by atoms with Gasteiger partial charge in [0.25, 0.3) is 0 Å². The number of halogens is 1. The third-order valence-corrected chi connectivity index (χ3v) is 4.76. The van der Waals surface area contributed by atoms with Gasteiger partial charge in [0, 0.05) is 32.9 Å². The van der Waals surface area contributed by atoms with Crippen molar-refractivity contribution in [2.75, 3.05) is 25.6 Å². The Kier molecular flexibility index (Phi) is 6.29. The Morgan fingerprint density at radius 1 is 1.19 bits per heavy atom. The van der Waals surface area contributed by atoms with Gasteiger partial charge in [0.2, 0.25) is 0 Å². The summed E-state index contributed by atoms with van der Waals surface area (Å²) in [6.07, 6.45) is 1.73. The van der Waals surface area contributed by atoms with Gasteiger partial charge in [0.1, 0.15) is 5.82 Å². The summed E-state index contributed by atoms with van der Waals surface area (Å²) in [6, 6.07) is 13.7. The number of ether oxygens (including phenoxy) is 1. The van der Waals surface area contributed by atoms with Gasteiger partial charge in [-0.05, 0) is 48.2 Å². The van der Waals surface area contributed by atoms with Gasteiger partial charge in [-0.1, -0.05) is 24.3 Å². The molecule has 1 aliphatic heterocycles. The van der Waals surface area contributed by atoms with Crippen LogP contribution >= 0.6 is 0 Å². The van der Waals surface area contributed by atoms with Crippen molar-refractivity contribution < 1.29 is 13.9 Å². The van der Waals surface area contributed by atoms with Crippen molar-refractivity contribution in [2.24, 2.45) is 0 Å². The molecule has 1 heterocycles. The fraction of sp³-hybridized carbons (Fsp3) is 0.381. The normalized spacial score (nSPS) is 17.4. The van der Waals surface area contributed by atoms with Crippen molar-refractivity contribution in [3.63, 3.8) is 0 Å². The molecule has 0 radical (unpaired) electrons. The molecule has 3 rings (SSSR count). The van der Waals surface area contributed by atoms with Crippen LogP contribution in [0.3, 0.4) is 0 Å². The Hall–Kier alpha value is -2.60. The number of rotatable bonds is 6. The van der Waals surface area contributed by atoms with E-state index in [-0.39, 0.29) is 24.0 Å². The Bertz CT molecular complexity index is 741. The highest BCUT2D eigenvalue weighted by molar-refractivity contribution is 5.74. The largest absolute Gasteiger partial charge is 0.378 e. The van der Waals surface area contributed by atoms with E-state index in [0.29, 0.717) is 13.2 Å². The van der Waals surface area contributed by atoms with Gasteiger partial charge >= 0.3 is 6.03 Å². The minimum absolute atomic E-state index is 0.0967. The molecule has 144 valence electrons. The molecule has 2 atom stereocenters. The van der Waals surface area contributed by atoms with E-state index in [1.165, 1.54) is 12.1 Å². The summed E-state index contributed by atoms with van der Waals surface area (Å²) in [5, 5.41) is 5.88. The molecule has 6 heteroatoms. The molecule has 0 bridgehead atoms. The van der Waals surface area contributed by atoms with Crippen LogP contribution < -0.4 is 15.5 Å². The number of hydrogen-bond acceptors (Lipinski definition) is 3. The Balaban J connectivity index is 1.61. The first kappa shape index (κ1) is 19.2. The minimum Gasteiger partial charge on any atom is -0.378 e. The van der Waals surface area contributed by atoms with Gasteiger partial charge in [-0.2, -0.15) is 0 Å². The smallest absolute Gasteiger partial charge is 0.315 e. The van der Waals surface area contributed by atoms with Crippen molar-refractivity contribution in [3.05, 3.63) is 65.5 Å². The van der Waals surface area contributed by atoms with Gasteiger partial charge in [0.15, 0.2) is 0 Å². The predicted octanol–water partition coefficient (Wildman–Crippen LogP) is 3.61. The molecule has 1 fully saturated rings. The van der Waals surface area contributed by atoms with Crippen LogP contribution in [0.15, 0.2) is 48.5 Å². The van der Waals surface area contributed by atoms with Crippen molar-refractivity contribution in [3.8, 4) is 0 Å². The Morgan fingerprint density at radius 3 is 2.48 bits per heavy atom. The van der Waals surface area contributed by atoms with Crippen LogP contribution in [0, 0.1) is 5.82 Å². The Labute approximate surface area is 159 Å². The summed E-state index contributed by atoms with van der Waals surface area (Å²) in [6.45, 7) is 1.12. The quantitative estimate of drug-likeness (QED) is 0.816. The number of nitrogens with one attached hydrogen (secondary N) is 2. The van der Waals surface area contributed by atoms with Gasteiger partial charge in [-0.15, -0.1) is 0 Å². The van der Waals surface area contributed by atoms with E-state index in [1.54, 1.807) is 12.1 Å². The molecule has 0 unspecified atom stereocenters. The van der Waals surface area contributed by atoms with Crippen LogP contribution in [-0.4, -0.2) is 32.8 Å². The summed E-state index contributed by atoms with van der Waals surface area (Å²) in [7, 11) is 3.97. The molecule has 1 saturated heterocycles. The number of anilines is 1. The van der Waals surface area contributed by atoms with Crippen molar-refractivity contribution in [2.45, 2.75) is 31.5 Å². The number of carbonyl (C=O) groups is 1. The zero-order valence-corrected chi connectivity index (χ0v) is 15.7. The maximum absolute atomic E-state index is 13.2. The molecule has 27 heavy (non-hydrogen) atoms. The maximum Gasteiger partial charge on any atom is 0.315 e. The molecular formula is C21H26FN3O2. The second-order valence-electron chi connectivity index (χ2n) is 6.97. The lowest BCUT2D eigenvalue weighted by Crippen LogP contribution is -2.42. The minimum atomic E-state index is -0.302. The zero-order chi connectivity index (χ0) is 19.2. The molecular weight excluding hydrogens is 345 g/mol. The lowest BCUT2D eigenvalue weighted by molar-refractivity contribution is 0.0807. The highest BCUT2D eigenvalue weighted by Gasteiger charge is 2.28. The van der Waals surface area contributed by atoms with E-state index < -0.39 is 0 Å². The van der Waals surface area contributed by atoms with E-state index >= 15 is 0 Å². The molecule has 2 aromatic carbocycles. The van der Waals surface area contributed by atoms with E-state index in [1.807, 2.05) is 43.3 Å². The Morgan fingerprint density at radius 2 is 1.89 bits per heavy atom. The predicted molar refractivity (Wildman–Crippen MR) is 104 cm³/mol. The molecule has 0 aromatic heterocycles. The number of amides is 2. The molecule has 0 spiro atoms. The molecule has 2 N–H and O–H groups in total. The van der Waals surface area contributed by atoms with Gasteiger partial charge in [-0.3, -0.25) is 0 Å². The van der Waals surface area contributed by atoms with Crippen LogP contribution in [0.1, 0.15) is 30.0 Å². The summed E-state index contributed by atoms with van der Waals surface area (Å²) in [5.74, 6) is -0.296. The second kappa shape index (κ2) is 8.86. The highest BCUT2D eigenvalue weighted by atomic mass is 19.1. The zero-order valence-electron chi connectivity index (χ0n) is 15.7. The number of hydrogen-bond donors (Lipinski definition) is 2. The van der Waals surface area contributed by atoms with Gasteiger partial charge in [0.05, 0.1) is 12.1 Å². The highest BCUT2D eigenvalue weighted by Crippen LogP contribution is 2.27. The lowest BCUT2D eigenvalue weighted by atomic mass is 9.99. The third kappa shape index (κ3) is 5.20. The topological polar surface area (TPSA) is 53.6 Å². The summed E-state index contributed by atoms with van der Waals surface area (Å²) in [5.41, 5.74) is 2.97.